The van der Waals surface area contributed by atoms with Crippen molar-refractivity contribution in [2.75, 3.05) is 0 Å². The van der Waals surface area contributed by atoms with Crippen LogP contribution < -0.4 is 0 Å². The molecule has 4 aromatic rings. The van der Waals surface area contributed by atoms with Gasteiger partial charge in [0.1, 0.15) is 0 Å². The number of fused-ring (bicyclic) bond motifs is 8. The van der Waals surface area contributed by atoms with Crippen LogP contribution in [0, 0.1) is 28.3 Å². The smallest absolute Gasteiger partial charge is 0.0659 e. The third-order valence-electron chi connectivity index (χ3n) is 4.65. The maximum absolute atomic E-state index is 4.62. The number of hydrogen-bond donors (Lipinski definition) is 2. The Morgan fingerprint density at radius 2 is 0.882 bits per heavy atom. The van der Waals surface area contributed by atoms with Crippen molar-refractivity contribution in [2.24, 2.45) is 0 Å². The average molecular weight is 498 g/mol. The first-order valence-electron chi connectivity index (χ1n) is 9.76. The standard InChI is InChI=1S/C20H14N4.C6H5.3CH3.Zn/c1-2-14-10-16-5-6-18(23-16)12-20-8-7-19(24-20)11-17-4-3-15(22-17)9-13(1)21-14;1-2-4-6-5-3-1;;;;/h1-12,21-22H;1-5H;3*1H3;/q;4*-1;. The maximum atomic E-state index is 4.62. The summed E-state index contributed by atoms with van der Waals surface area (Å²) in [6, 6.07) is 28.9. The summed E-state index contributed by atoms with van der Waals surface area (Å²) in [6.45, 7) is 0. The Hall–Kier alpha value is -3.56. The van der Waals surface area contributed by atoms with Gasteiger partial charge in [0.05, 0.1) is 22.8 Å². The second-order valence-corrected chi connectivity index (χ2v) is 6.98. The number of benzene rings is 1. The zero-order chi connectivity index (χ0) is 20.2. The van der Waals surface area contributed by atoms with Gasteiger partial charge in [-0.3, -0.25) is 0 Å². The predicted molar refractivity (Wildman–Crippen MR) is 143 cm³/mol. The van der Waals surface area contributed by atoms with Crippen molar-refractivity contribution in [3.8, 4) is 0 Å². The summed E-state index contributed by atoms with van der Waals surface area (Å²) in [7, 11) is 0. The molecule has 5 heterocycles. The van der Waals surface area contributed by atoms with E-state index in [1.165, 1.54) is 0 Å². The monoisotopic (exact) mass is 496 g/mol. The van der Waals surface area contributed by atoms with E-state index in [0.717, 1.165) is 44.8 Å². The van der Waals surface area contributed by atoms with Gasteiger partial charge in [0.25, 0.3) is 0 Å². The van der Waals surface area contributed by atoms with Gasteiger partial charge in [-0.15, -0.1) is 0 Å². The van der Waals surface area contributed by atoms with Gasteiger partial charge >= 0.3 is 0 Å². The number of nitrogens with zero attached hydrogens (tertiary/aromatic N) is 2. The van der Waals surface area contributed by atoms with Gasteiger partial charge in [0.15, 0.2) is 0 Å². The van der Waals surface area contributed by atoms with Crippen LogP contribution in [0.15, 0.2) is 78.9 Å². The van der Waals surface area contributed by atoms with Crippen LogP contribution in [0.5, 0.6) is 0 Å². The fraction of sp³-hybridized carbons (Fsp3) is 0. The normalized spacial score (nSPS) is 10.4. The molecule has 0 unspecified atom stereocenters. The molecule has 0 spiro atoms. The van der Waals surface area contributed by atoms with Crippen molar-refractivity contribution in [1.82, 2.24) is 19.9 Å². The zero-order valence-electron chi connectivity index (χ0n) is 19.9. The summed E-state index contributed by atoms with van der Waals surface area (Å²) < 4.78 is 0. The van der Waals surface area contributed by atoms with Crippen LogP contribution in [0.3, 0.4) is 0 Å². The maximum Gasteiger partial charge on any atom is 0.0659 e. The molecule has 34 heavy (non-hydrogen) atoms. The van der Waals surface area contributed by atoms with E-state index in [-0.39, 0.29) is 41.8 Å². The van der Waals surface area contributed by atoms with E-state index in [1.54, 1.807) is 0 Å². The minimum absolute atomic E-state index is 0. The minimum atomic E-state index is 0. The topological polar surface area (TPSA) is 57.4 Å². The van der Waals surface area contributed by atoms with Crippen molar-refractivity contribution < 1.29 is 19.5 Å². The molecular weight excluding hydrogens is 470 g/mol. The summed E-state index contributed by atoms with van der Waals surface area (Å²) in [5.41, 5.74) is 7.86. The van der Waals surface area contributed by atoms with Crippen molar-refractivity contribution >= 4 is 46.4 Å². The molecule has 0 radical (unpaired) electrons. The van der Waals surface area contributed by atoms with E-state index in [1.807, 2.05) is 72.8 Å². The van der Waals surface area contributed by atoms with Crippen LogP contribution >= 0.6 is 0 Å². The molecule has 4 nitrogen and oxygen atoms in total. The van der Waals surface area contributed by atoms with Crippen molar-refractivity contribution in [2.45, 2.75) is 0 Å². The summed E-state index contributed by atoms with van der Waals surface area (Å²) in [5, 5.41) is 0. The van der Waals surface area contributed by atoms with Gasteiger partial charge in [0, 0.05) is 41.5 Å². The van der Waals surface area contributed by atoms with Gasteiger partial charge in [-0.05, 0) is 72.8 Å². The van der Waals surface area contributed by atoms with Crippen LogP contribution in [0.2, 0.25) is 0 Å². The SMILES string of the molecule is C1=Cc2cc3ccc(cc4ccc(cc5nc(cc1n2)C=C5)[nH]4)[nH]3.[CH3-].[CH3-].[CH3-].[Zn].[c-]1ccccc1. The Morgan fingerprint density at radius 3 is 1.24 bits per heavy atom. The number of nitrogens with one attached hydrogen (secondary N) is 2. The van der Waals surface area contributed by atoms with Gasteiger partial charge in [-0.2, -0.15) is 36.4 Å². The van der Waals surface area contributed by atoms with Gasteiger partial charge in [-0.25, -0.2) is 9.97 Å². The number of hydrogen-bond acceptors (Lipinski definition) is 2. The van der Waals surface area contributed by atoms with E-state index in [2.05, 4.69) is 56.3 Å². The average Bonchev–Trinajstić information content (AvgIpc) is 3.56. The fourth-order valence-electron chi connectivity index (χ4n) is 3.29. The molecule has 0 saturated heterocycles. The molecule has 2 aliphatic heterocycles. The Balaban J connectivity index is 0.000000512. The summed E-state index contributed by atoms with van der Waals surface area (Å²) in [5.74, 6) is 0. The van der Waals surface area contributed by atoms with Crippen LogP contribution in [-0.2, 0) is 19.5 Å². The zero-order valence-corrected chi connectivity index (χ0v) is 22.9. The molecule has 0 aliphatic carbocycles. The molecule has 0 atom stereocenters. The molecule has 2 aliphatic rings. The second kappa shape index (κ2) is 13.2. The van der Waals surface area contributed by atoms with Crippen LogP contribution in [0.1, 0.15) is 22.8 Å². The molecule has 5 heteroatoms. The van der Waals surface area contributed by atoms with E-state index < -0.39 is 0 Å². The molecule has 0 saturated carbocycles. The number of aromatic amines is 2. The van der Waals surface area contributed by atoms with Gasteiger partial charge in [0.2, 0.25) is 0 Å². The molecule has 1 aromatic carbocycles. The molecule has 3 aromatic heterocycles. The van der Waals surface area contributed by atoms with Crippen LogP contribution in [-0.4, -0.2) is 19.9 Å². The summed E-state index contributed by atoms with van der Waals surface area (Å²) in [6.07, 6.45) is 8.05. The van der Waals surface area contributed by atoms with Crippen molar-refractivity contribution in [1.29, 1.82) is 0 Å². The molecule has 2 N–H and O–H groups in total. The third kappa shape index (κ3) is 7.23. The number of rotatable bonds is 0. The molecule has 170 valence electrons. The first kappa shape index (κ1) is 28.5. The molecule has 6 rings (SSSR count). The van der Waals surface area contributed by atoms with Gasteiger partial charge in [-0.1, -0.05) is 0 Å². The van der Waals surface area contributed by atoms with E-state index in [9.17, 15) is 0 Å². The number of aromatic nitrogens is 4. The summed E-state index contributed by atoms with van der Waals surface area (Å²) in [4.78, 5) is 16.0. The fourth-order valence-corrected chi connectivity index (χ4v) is 3.29. The Bertz CT molecular complexity index is 1280. The van der Waals surface area contributed by atoms with Crippen molar-refractivity contribution in [3.05, 3.63) is 130 Å². The predicted octanol–water partition coefficient (Wildman–Crippen LogP) is 7.49. The van der Waals surface area contributed by atoms with E-state index in [4.69, 9.17) is 0 Å². The first-order valence-corrected chi connectivity index (χ1v) is 9.76. The minimum Gasteiger partial charge on any atom is -0.358 e. The third-order valence-corrected chi connectivity index (χ3v) is 4.65. The second-order valence-electron chi connectivity index (χ2n) is 6.98. The van der Waals surface area contributed by atoms with E-state index >= 15 is 0 Å². The molecular formula is C29H28N4Zn-4. The number of H-pyrrole nitrogens is 2. The quantitative estimate of drug-likeness (QED) is 0.169. The van der Waals surface area contributed by atoms with E-state index in [0.29, 0.717) is 0 Å². The van der Waals surface area contributed by atoms with Crippen LogP contribution in [0.25, 0.3) is 46.4 Å². The molecule has 8 bridgehead atoms. The Kier molecular flexibility index (Phi) is 11.1. The van der Waals surface area contributed by atoms with Crippen LogP contribution in [0.4, 0.5) is 0 Å². The first-order chi connectivity index (χ1) is 14.8. The molecule has 0 fully saturated rings. The summed E-state index contributed by atoms with van der Waals surface area (Å²) >= 11 is 0. The Labute approximate surface area is 215 Å². The molecule has 0 amide bonds. The largest absolute Gasteiger partial charge is 0.358 e. The van der Waals surface area contributed by atoms with Gasteiger partial charge < -0.3 is 32.2 Å². The van der Waals surface area contributed by atoms with Crippen molar-refractivity contribution in [3.63, 3.8) is 0 Å². The Morgan fingerprint density at radius 1 is 0.500 bits per heavy atom.